The van der Waals surface area contributed by atoms with E-state index in [1.165, 1.54) is 0 Å². The number of amides is 1. The van der Waals surface area contributed by atoms with Crippen LogP contribution in [0.15, 0.2) is 18.2 Å². The third-order valence-electron chi connectivity index (χ3n) is 3.39. The number of benzene rings is 1. The summed E-state index contributed by atoms with van der Waals surface area (Å²) in [6.07, 6.45) is 0.210. The second-order valence-electron chi connectivity index (χ2n) is 4.87. The summed E-state index contributed by atoms with van der Waals surface area (Å²) >= 11 is 1.76. The number of Topliss-reactive ketones (excluding diaryl/α,β-unsaturated/α-hetero) is 1. The van der Waals surface area contributed by atoms with Crippen molar-refractivity contribution in [1.82, 2.24) is 0 Å². The standard InChI is InChI=1S/C14H15NO3S/c1-9-7-15(14(17)18-9)11-2-3-12-10(6-11)8-19-5-4-13(12)16/h2-3,6,9H,4-5,7-8H2,1H3/t9-/m0/s1. The summed E-state index contributed by atoms with van der Waals surface area (Å²) in [5.74, 6) is 1.89. The van der Waals surface area contributed by atoms with E-state index in [1.54, 1.807) is 16.7 Å². The molecule has 1 aromatic rings. The topological polar surface area (TPSA) is 46.6 Å². The highest BCUT2D eigenvalue weighted by atomic mass is 32.2. The lowest BCUT2D eigenvalue weighted by molar-refractivity contribution is 0.0989. The number of carbonyl (C=O) groups is 2. The van der Waals surface area contributed by atoms with E-state index in [9.17, 15) is 9.59 Å². The van der Waals surface area contributed by atoms with Crippen LogP contribution < -0.4 is 4.90 Å². The maximum Gasteiger partial charge on any atom is 0.414 e. The molecule has 5 heteroatoms. The van der Waals surface area contributed by atoms with Gasteiger partial charge in [0.05, 0.1) is 6.54 Å². The predicted octanol–water partition coefficient (Wildman–Crippen LogP) is 2.85. The van der Waals surface area contributed by atoms with Crippen LogP contribution in [0.3, 0.4) is 0 Å². The number of hydrogen-bond donors (Lipinski definition) is 0. The Morgan fingerprint density at radius 3 is 2.95 bits per heavy atom. The Kier molecular flexibility index (Phi) is 3.22. The molecule has 2 aliphatic rings. The number of nitrogens with zero attached hydrogens (tertiary/aromatic N) is 1. The zero-order chi connectivity index (χ0) is 13.4. The minimum Gasteiger partial charge on any atom is -0.444 e. The third kappa shape index (κ3) is 2.34. The van der Waals surface area contributed by atoms with Crippen molar-refractivity contribution in [3.8, 4) is 0 Å². The summed E-state index contributed by atoms with van der Waals surface area (Å²) in [5, 5.41) is 0. The van der Waals surface area contributed by atoms with Crippen LogP contribution in [0.4, 0.5) is 10.5 Å². The lowest BCUT2D eigenvalue weighted by atomic mass is 10.0. The van der Waals surface area contributed by atoms with E-state index in [-0.39, 0.29) is 18.0 Å². The summed E-state index contributed by atoms with van der Waals surface area (Å²) < 4.78 is 5.13. The summed E-state index contributed by atoms with van der Waals surface area (Å²) in [4.78, 5) is 25.3. The molecule has 0 spiro atoms. The molecule has 4 nitrogen and oxygen atoms in total. The van der Waals surface area contributed by atoms with Gasteiger partial charge in [-0.05, 0) is 30.7 Å². The molecular formula is C14H15NO3S. The van der Waals surface area contributed by atoms with Gasteiger partial charge in [-0.1, -0.05) is 0 Å². The third-order valence-corrected chi connectivity index (χ3v) is 4.40. The summed E-state index contributed by atoms with van der Waals surface area (Å²) in [7, 11) is 0. The minimum absolute atomic E-state index is 0.0812. The number of ketones is 1. The number of cyclic esters (lactones) is 1. The summed E-state index contributed by atoms with van der Waals surface area (Å²) in [5.41, 5.74) is 2.65. The fourth-order valence-electron chi connectivity index (χ4n) is 2.44. The molecule has 1 atom stereocenters. The Balaban J connectivity index is 1.95. The summed E-state index contributed by atoms with van der Waals surface area (Å²) in [6, 6.07) is 5.63. The molecule has 0 radical (unpaired) electrons. The highest BCUT2D eigenvalue weighted by Crippen LogP contribution is 2.29. The highest BCUT2D eigenvalue weighted by Gasteiger charge is 2.30. The monoisotopic (exact) mass is 277 g/mol. The number of thioether (sulfide) groups is 1. The molecule has 2 aliphatic heterocycles. The van der Waals surface area contributed by atoms with Crippen LogP contribution in [0.25, 0.3) is 0 Å². The number of fused-ring (bicyclic) bond motifs is 1. The van der Waals surface area contributed by atoms with Gasteiger partial charge in [-0.2, -0.15) is 11.8 Å². The average molecular weight is 277 g/mol. The Bertz CT molecular complexity index is 543. The van der Waals surface area contributed by atoms with Crippen molar-refractivity contribution in [2.24, 2.45) is 0 Å². The maximum absolute atomic E-state index is 11.9. The van der Waals surface area contributed by atoms with Gasteiger partial charge in [0.2, 0.25) is 0 Å². The second-order valence-corrected chi connectivity index (χ2v) is 5.98. The minimum atomic E-state index is -0.306. The molecule has 0 aliphatic carbocycles. The Morgan fingerprint density at radius 2 is 2.21 bits per heavy atom. The van der Waals surface area contributed by atoms with Gasteiger partial charge in [-0.3, -0.25) is 9.69 Å². The van der Waals surface area contributed by atoms with E-state index < -0.39 is 0 Å². The first-order valence-electron chi connectivity index (χ1n) is 6.37. The molecule has 19 heavy (non-hydrogen) atoms. The van der Waals surface area contributed by atoms with E-state index >= 15 is 0 Å². The fraction of sp³-hybridized carbons (Fsp3) is 0.429. The largest absolute Gasteiger partial charge is 0.444 e. The first-order valence-corrected chi connectivity index (χ1v) is 7.52. The highest BCUT2D eigenvalue weighted by molar-refractivity contribution is 7.98. The first-order chi connectivity index (χ1) is 9.15. The molecule has 2 heterocycles. The van der Waals surface area contributed by atoms with Crippen LogP contribution in [0, 0.1) is 0 Å². The van der Waals surface area contributed by atoms with Crippen LogP contribution in [0.2, 0.25) is 0 Å². The zero-order valence-electron chi connectivity index (χ0n) is 10.7. The van der Waals surface area contributed by atoms with Crippen LogP contribution in [-0.4, -0.2) is 30.3 Å². The van der Waals surface area contributed by atoms with Crippen LogP contribution in [0.5, 0.6) is 0 Å². The van der Waals surface area contributed by atoms with Crippen molar-refractivity contribution in [3.05, 3.63) is 29.3 Å². The van der Waals surface area contributed by atoms with Gasteiger partial charge < -0.3 is 4.74 Å². The maximum atomic E-state index is 11.9. The van der Waals surface area contributed by atoms with E-state index in [4.69, 9.17) is 4.74 Å². The number of hydrogen-bond acceptors (Lipinski definition) is 4. The number of ether oxygens (including phenoxy) is 1. The SMILES string of the molecule is C[C@H]1CN(c2ccc3c(c2)CSCCC3=O)C(=O)O1. The normalized spacial score (nSPS) is 23.0. The predicted molar refractivity (Wildman–Crippen MR) is 74.8 cm³/mol. The van der Waals surface area contributed by atoms with Gasteiger partial charge in [0.15, 0.2) is 5.78 Å². The Morgan fingerprint density at radius 1 is 1.37 bits per heavy atom. The van der Waals surface area contributed by atoms with Crippen molar-refractivity contribution in [1.29, 1.82) is 0 Å². The number of rotatable bonds is 1. The molecule has 3 rings (SSSR count). The smallest absolute Gasteiger partial charge is 0.414 e. The lowest BCUT2D eigenvalue weighted by Crippen LogP contribution is -2.24. The van der Waals surface area contributed by atoms with Gasteiger partial charge in [0, 0.05) is 29.2 Å². The van der Waals surface area contributed by atoms with E-state index in [1.807, 2.05) is 25.1 Å². The molecule has 0 unspecified atom stereocenters. The van der Waals surface area contributed by atoms with Gasteiger partial charge >= 0.3 is 6.09 Å². The van der Waals surface area contributed by atoms with Crippen molar-refractivity contribution in [2.45, 2.75) is 25.2 Å². The molecule has 1 fully saturated rings. The van der Waals surface area contributed by atoms with Gasteiger partial charge in [0.25, 0.3) is 0 Å². The molecule has 100 valence electrons. The van der Waals surface area contributed by atoms with Crippen LogP contribution in [0.1, 0.15) is 29.3 Å². The molecule has 0 saturated carbocycles. The van der Waals surface area contributed by atoms with Crippen molar-refractivity contribution in [3.63, 3.8) is 0 Å². The van der Waals surface area contributed by atoms with E-state index in [0.717, 1.165) is 28.3 Å². The lowest BCUT2D eigenvalue weighted by Gasteiger charge is -2.15. The van der Waals surface area contributed by atoms with Gasteiger partial charge in [0.1, 0.15) is 6.10 Å². The average Bonchev–Trinajstić information content (AvgIpc) is 2.62. The Labute approximate surface area is 116 Å². The van der Waals surface area contributed by atoms with Crippen molar-refractivity contribution >= 4 is 29.3 Å². The van der Waals surface area contributed by atoms with Crippen LogP contribution in [-0.2, 0) is 10.5 Å². The van der Waals surface area contributed by atoms with E-state index in [2.05, 4.69) is 0 Å². The van der Waals surface area contributed by atoms with Gasteiger partial charge in [-0.25, -0.2) is 4.79 Å². The fourth-order valence-corrected chi connectivity index (χ4v) is 3.37. The summed E-state index contributed by atoms with van der Waals surface area (Å²) in [6.45, 7) is 2.44. The molecule has 1 saturated heterocycles. The molecular weight excluding hydrogens is 262 g/mol. The quantitative estimate of drug-likeness (QED) is 0.792. The van der Waals surface area contributed by atoms with Gasteiger partial charge in [-0.15, -0.1) is 0 Å². The number of anilines is 1. The molecule has 0 bridgehead atoms. The van der Waals surface area contributed by atoms with Crippen molar-refractivity contribution < 1.29 is 14.3 Å². The molecule has 0 N–H and O–H groups in total. The molecule has 1 amide bonds. The van der Waals surface area contributed by atoms with Crippen LogP contribution >= 0.6 is 11.8 Å². The molecule has 1 aromatic carbocycles. The number of carbonyl (C=O) groups excluding carboxylic acids is 2. The second kappa shape index (κ2) is 4.89. The first kappa shape index (κ1) is 12.5. The Hall–Kier alpha value is -1.49. The van der Waals surface area contributed by atoms with E-state index in [0.29, 0.717) is 13.0 Å². The molecule has 0 aromatic heterocycles. The van der Waals surface area contributed by atoms with Crippen molar-refractivity contribution in [2.75, 3.05) is 17.2 Å². The zero-order valence-corrected chi connectivity index (χ0v) is 11.5.